The van der Waals surface area contributed by atoms with Crippen LogP contribution in [0.25, 0.3) is 0 Å². The van der Waals surface area contributed by atoms with E-state index in [9.17, 15) is 14.0 Å². The highest BCUT2D eigenvalue weighted by atomic mass is 19.1. The molecule has 6 nitrogen and oxygen atoms in total. The summed E-state index contributed by atoms with van der Waals surface area (Å²) in [5, 5.41) is 0. The van der Waals surface area contributed by atoms with Gasteiger partial charge in [0.15, 0.2) is 0 Å². The van der Waals surface area contributed by atoms with Crippen molar-refractivity contribution < 1.29 is 32.9 Å². The normalized spacial score (nSPS) is 13.3. The fourth-order valence-corrected chi connectivity index (χ4v) is 4.27. The average Bonchev–Trinajstić information content (AvgIpc) is 2.86. The number of allylic oxidation sites excluding steroid dienone is 2. The van der Waals surface area contributed by atoms with Gasteiger partial charge in [0.2, 0.25) is 0 Å². The summed E-state index contributed by atoms with van der Waals surface area (Å²) in [6.07, 6.45) is 19.5. The van der Waals surface area contributed by atoms with E-state index in [1.807, 2.05) is 41.5 Å². The Balaban J connectivity index is 3.60. The average molecular weight is 613 g/mol. The molecule has 1 atom stereocenters. The topological polar surface area (TPSA) is 71.1 Å². The Kier molecular flexibility index (Phi) is 21.8. The quantitative estimate of drug-likeness (QED) is 0.0550. The van der Waals surface area contributed by atoms with Gasteiger partial charge < -0.3 is 18.9 Å². The van der Waals surface area contributed by atoms with E-state index in [1.54, 1.807) is 13.8 Å². The Hall–Kier alpha value is -1.73. The van der Waals surface area contributed by atoms with Crippen molar-refractivity contribution >= 4 is 11.9 Å². The summed E-state index contributed by atoms with van der Waals surface area (Å²) in [4.78, 5) is 24.2. The molecule has 7 heteroatoms. The molecule has 0 aliphatic rings. The summed E-state index contributed by atoms with van der Waals surface area (Å²) in [6, 6.07) is 0. The van der Waals surface area contributed by atoms with Crippen LogP contribution in [0.1, 0.15) is 158 Å². The number of esters is 2. The van der Waals surface area contributed by atoms with Crippen LogP contribution in [0.15, 0.2) is 24.6 Å². The van der Waals surface area contributed by atoms with Gasteiger partial charge in [-0.25, -0.2) is 4.39 Å². The highest BCUT2D eigenvalue weighted by Crippen LogP contribution is 2.21. The molecule has 0 rings (SSSR count). The van der Waals surface area contributed by atoms with Gasteiger partial charge in [-0.05, 0) is 93.9 Å². The van der Waals surface area contributed by atoms with Crippen molar-refractivity contribution in [3.63, 3.8) is 0 Å². The third-order valence-electron chi connectivity index (χ3n) is 7.27. The first-order chi connectivity index (χ1) is 20.0. The first kappa shape index (κ1) is 41.3. The Morgan fingerprint density at radius 2 is 1.21 bits per heavy atom. The van der Waals surface area contributed by atoms with Crippen molar-refractivity contribution in [2.45, 2.75) is 181 Å². The number of carbonyl (C=O) groups is 2. The molecule has 0 heterocycles. The molecule has 0 amide bonds. The summed E-state index contributed by atoms with van der Waals surface area (Å²) in [6.45, 7) is 19.3. The lowest BCUT2D eigenvalue weighted by Crippen LogP contribution is -2.31. The SMILES string of the molecule is C=C(F)C(C)(C)OCCC(C)OC(=O)CCCCCCC/C=C/CCCCCCCC(=O)OC(C)(C)CCOC(C)(C)C. The van der Waals surface area contributed by atoms with Gasteiger partial charge in [0.1, 0.15) is 23.1 Å². The number of unbranched alkanes of at least 4 members (excludes halogenated alkanes) is 10. The van der Waals surface area contributed by atoms with E-state index < -0.39 is 17.0 Å². The molecule has 0 aromatic rings. The van der Waals surface area contributed by atoms with Gasteiger partial charge in [-0.3, -0.25) is 9.59 Å². The first-order valence-electron chi connectivity index (χ1n) is 16.7. The summed E-state index contributed by atoms with van der Waals surface area (Å²) < 4.78 is 35.6. The van der Waals surface area contributed by atoms with Crippen LogP contribution in [0, 0.1) is 0 Å². The lowest BCUT2D eigenvalue weighted by molar-refractivity contribution is -0.159. The number of halogens is 1. The number of rotatable bonds is 26. The molecule has 0 spiro atoms. The van der Waals surface area contributed by atoms with E-state index in [4.69, 9.17) is 18.9 Å². The van der Waals surface area contributed by atoms with E-state index in [1.165, 1.54) is 25.7 Å². The van der Waals surface area contributed by atoms with E-state index in [-0.39, 0.29) is 23.6 Å². The van der Waals surface area contributed by atoms with E-state index in [0.29, 0.717) is 38.9 Å². The van der Waals surface area contributed by atoms with Crippen LogP contribution >= 0.6 is 0 Å². The molecular weight excluding hydrogens is 547 g/mol. The predicted molar refractivity (Wildman–Crippen MR) is 175 cm³/mol. The number of hydrogen-bond acceptors (Lipinski definition) is 6. The Labute approximate surface area is 263 Å². The molecule has 0 aromatic heterocycles. The number of ether oxygens (including phenoxy) is 4. The van der Waals surface area contributed by atoms with Crippen LogP contribution in [-0.4, -0.2) is 48.1 Å². The molecule has 0 radical (unpaired) electrons. The maximum Gasteiger partial charge on any atom is 0.306 e. The monoisotopic (exact) mass is 612 g/mol. The first-order valence-corrected chi connectivity index (χ1v) is 16.7. The summed E-state index contributed by atoms with van der Waals surface area (Å²) in [7, 11) is 0. The van der Waals surface area contributed by atoms with Crippen LogP contribution < -0.4 is 0 Å². The fourth-order valence-electron chi connectivity index (χ4n) is 4.27. The van der Waals surface area contributed by atoms with Crippen molar-refractivity contribution in [2.75, 3.05) is 13.2 Å². The molecule has 0 N–H and O–H groups in total. The second-order valence-corrected chi connectivity index (χ2v) is 13.9. The Morgan fingerprint density at radius 1 is 0.721 bits per heavy atom. The number of hydrogen-bond donors (Lipinski definition) is 0. The van der Waals surface area contributed by atoms with E-state index >= 15 is 0 Å². The smallest absolute Gasteiger partial charge is 0.306 e. The molecule has 43 heavy (non-hydrogen) atoms. The molecule has 252 valence electrons. The highest BCUT2D eigenvalue weighted by Gasteiger charge is 2.24. The maximum absolute atomic E-state index is 13.3. The molecule has 0 aliphatic carbocycles. The zero-order valence-electron chi connectivity index (χ0n) is 29.0. The van der Waals surface area contributed by atoms with Crippen molar-refractivity contribution in [2.24, 2.45) is 0 Å². The van der Waals surface area contributed by atoms with E-state index in [0.717, 1.165) is 51.4 Å². The van der Waals surface area contributed by atoms with Crippen molar-refractivity contribution in [1.82, 2.24) is 0 Å². The fraction of sp³-hybridized carbons (Fsp3) is 0.833. The van der Waals surface area contributed by atoms with Crippen LogP contribution in [0.5, 0.6) is 0 Å². The third kappa shape index (κ3) is 26.4. The minimum Gasteiger partial charge on any atom is -0.463 e. The lowest BCUT2D eigenvalue weighted by atomic mass is 10.1. The summed E-state index contributed by atoms with van der Waals surface area (Å²) >= 11 is 0. The van der Waals surface area contributed by atoms with Crippen molar-refractivity contribution in [1.29, 1.82) is 0 Å². The van der Waals surface area contributed by atoms with E-state index in [2.05, 4.69) is 18.7 Å². The van der Waals surface area contributed by atoms with Gasteiger partial charge in [0.25, 0.3) is 0 Å². The van der Waals surface area contributed by atoms with Crippen LogP contribution in [0.3, 0.4) is 0 Å². The van der Waals surface area contributed by atoms with Gasteiger partial charge in [0.05, 0.1) is 18.8 Å². The second-order valence-electron chi connectivity index (χ2n) is 13.9. The molecule has 0 saturated carbocycles. The van der Waals surface area contributed by atoms with Crippen LogP contribution in [-0.2, 0) is 28.5 Å². The lowest BCUT2D eigenvalue weighted by Gasteiger charge is -2.27. The Morgan fingerprint density at radius 3 is 1.72 bits per heavy atom. The predicted octanol–water partition coefficient (Wildman–Crippen LogP) is 10.1. The summed E-state index contributed by atoms with van der Waals surface area (Å²) in [5.74, 6) is -0.796. The molecule has 0 saturated heterocycles. The maximum atomic E-state index is 13.3. The molecule has 0 aromatic carbocycles. The highest BCUT2D eigenvalue weighted by molar-refractivity contribution is 5.70. The standard InChI is InChI=1S/C36H65FO6/c1-30(26-28-41-36(8,9)31(2)37)42-32(38)24-22-20-18-16-14-12-10-11-13-15-17-19-21-23-25-33(39)43-35(6,7)27-29-40-34(3,4)5/h10-11,30H,2,12-29H2,1,3-9H3/b11-10+. The second kappa shape index (κ2) is 22.7. The van der Waals surface area contributed by atoms with Crippen LogP contribution in [0.4, 0.5) is 4.39 Å². The molecule has 1 unspecified atom stereocenters. The van der Waals surface area contributed by atoms with Gasteiger partial charge in [0, 0.05) is 25.7 Å². The van der Waals surface area contributed by atoms with Gasteiger partial charge in [-0.2, -0.15) is 0 Å². The zero-order chi connectivity index (χ0) is 32.8. The Bertz CT molecular complexity index is 796. The number of carbonyl (C=O) groups excluding carboxylic acids is 2. The summed E-state index contributed by atoms with van der Waals surface area (Å²) in [5.41, 5.74) is -1.68. The van der Waals surface area contributed by atoms with Gasteiger partial charge in [-0.15, -0.1) is 0 Å². The van der Waals surface area contributed by atoms with Crippen molar-refractivity contribution in [3.05, 3.63) is 24.6 Å². The minimum absolute atomic E-state index is 0.109. The zero-order valence-corrected chi connectivity index (χ0v) is 29.0. The van der Waals surface area contributed by atoms with Gasteiger partial charge in [-0.1, -0.05) is 57.3 Å². The van der Waals surface area contributed by atoms with Crippen LogP contribution in [0.2, 0.25) is 0 Å². The molecular formula is C36H65FO6. The minimum atomic E-state index is -1.01. The molecule has 0 aliphatic heterocycles. The third-order valence-corrected chi connectivity index (χ3v) is 7.27. The van der Waals surface area contributed by atoms with Crippen molar-refractivity contribution in [3.8, 4) is 0 Å². The molecule has 0 fully saturated rings. The van der Waals surface area contributed by atoms with Gasteiger partial charge >= 0.3 is 11.9 Å². The molecule has 0 bridgehead atoms. The largest absolute Gasteiger partial charge is 0.463 e.